The molecule has 0 aromatic rings. The maximum Gasteiger partial charge on any atom is 0.310 e. The molecule has 0 aromatic heterocycles. The number of hydrogen-bond donors (Lipinski definition) is 1. The molecule has 3 aliphatic rings. The Morgan fingerprint density at radius 3 is 2.20 bits per heavy atom. The molecule has 25 heavy (non-hydrogen) atoms. The summed E-state index contributed by atoms with van der Waals surface area (Å²) >= 11 is 0. The molecule has 0 bridgehead atoms. The molecule has 3 rings (SSSR count). The summed E-state index contributed by atoms with van der Waals surface area (Å²) in [6, 6.07) is 0. The number of aliphatic carboxylic acids is 1. The zero-order valence-corrected chi connectivity index (χ0v) is 15.2. The summed E-state index contributed by atoms with van der Waals surface area (Å²) < 4.78 is 0. The van der Waals surface area contributed by atoms with Crippen molar-refractivity contribution in [3.63, 3.8) is 0 Å². The van der Waals surface area contributed by atoms with Gasteiger partial charge >= 0.3 is 5.97 Å². The van der Waals surface area contributed by atoms with Crippen LogP contribution in [-0.2, 0) is 14.4 Å². The van der Waals surface area contributed by atoms with Crippen LogP contribution < -0.4 is 0 Å². The van der Waals surface area contributed by atoms with Gasteiger partial charge in [-0.3, -0.25) is 14.4 Å². The lowest BCUT2D eigenvalue weighted by molar-refractivity contribution is -0.160. The van der Waals surface area contributed by atoms with Crippen LogP contribution in [0.15, 0.2) is 0 Å². The molecule has 3 fully saturated rings. The third kappa shape index (κ3) is 3.82. The largest absolute Gasteiger partial charge is 0.481 e. The number of piperidine rings is 2. The van der Waals surface area contributed by atoms with E-state index in [0.29, 0.717) is 44.7 Å². The quantitative estimate of drug-likeness (QED) is 0.842. The number of hydrogen-bond acceptors (Lipinski definition) is 3. The monoisotopic (exact) mass is 350 g/mol. The molecule has 2 heterocycles. The minimum atomic E-state index is -0.837. The standard InChI is InChI=1S/C19H30N2O4/c1-14-4-2-9-21(13-14)17(23)15-5-10-20(11-6-15)16(22)12-19(18(24)25)7-3-8-19/h14-15H,2-13H2,1H3,(H,24,25). The van der Waals surface area contributed by atoms with E-state index in [1.165, 1.54) is 6.42 Å². The highest BCUT2D eigenvalue weighted by Gasteiger charge is 2.47. The first-order valence-electron chi connectivity index (χ1n) is 9.71. The average molecular weight is 350 g/mol. The number of amides is 2. The van der Waals surface area contributed by atoms with Gasteiger partial charge in [0, 0.05) is 38.5 Å². The number of carboxylic acid groups (broad SMARTS) is 1. The Bertz CT molecular complexity index is 536. The number of carbonyl (C=O) groups is 3. The fourth-order valence-corrected chi connectivity index (χ4v) is 4.49. The van der Waals surface area contributed by atoms with Gasteiger partial charge in [0.15, 0.2) is 0 Å². The van der Waals surface area contributed by atoms with Crippen molar-refractivity contribution in [3.05, 3.63) is 0 Å². The number of likely N-dealkylation sites (tertiary alicyclic amines) is 2. The Morgan fingerprint density at radius 2 is 1.68 bits per heavy atom. The number of nitrogens with zero attached hydrogens (tertiary/aromatic N) is 2. The van der Waals surface area contributed by atoms with Gasteiger partial charge in [-0.1, -0.05) is 13.3 Å². The van der Waals surface area contributed by atoms with E-state index in [1.54, 1.807) is 4.90 Å². The van der Waals surface area contributed by atoms with Crippen molar-refractivity contribution in [1.82, 2.24) is 9.80 Å². The molecule has 0 radical (unpaired) electrons. The first kappa shape index (κ1) is 18.2. The van der Waals surface area contributed by atoms with Gasteiger partial charge in [0.2, 0.25) is 11.8 Å². The predicted molar refractivity (Wildman–Crippen MR) is 92.8 cm³/mol. The third-order valence-corrected chi connectivity index (χ3v) is 6.42. The molecule has 0 spiro atoms. The van der Waals surface area contributed by atoms with Crippen LogP contribution in [0.2, 0.25) is 0 Å². The Labute approximate surface area is 149 Å². The minimum absolute atomic E-state index is 0.0199. The Morgan fingerprint density at radius 1 is 1.00 bits per heavy atom. The van der Waals surface area contributed by atoms with Crippen LogP contribution in [0.1, 0.15) is 58.3 Å². The van der Waals surface area contributed by atoms with Crippen molar-refractivity contribution in [2.45, 2.75) is 58.3 Å². The molecule has 1 atom stereocenters. The van der Waals surface area contributed by atoms with Crippen molar-refractivity contribution in [2.24, 2.45) is 17.3 Å². The Balaban J connectivity index is 1.49. The Kier molecular flexibility index (Phi) is 5.35. The van der Waals surface area contributed by atoms with Gasteiger partial charge in [0.1, 0.15) is 0 Å². The van der Waals surface area contributed by atoms with E-state index in [0.717, 1.165) is 25.9 Å². The van der Waals surface area contributed by atoms with E-state index in [4.69, 9.17) is 0 Å². The Hall–Kier alpha value is -1.59. The molecule has 1 saturated carbocycles. The van der Waals surface area contributed by atoms with Gasteiger partial charge in [-0.05, 0) is 44.4 Å². The van der Waals surface area contributed by atoms with Crippen molar-refractivity contribution < 1.29 is 19.5 Å². The van der Waals surface area contributed by atoms with Crippen molar-refractivity contribution >= 4 is 17.8 Å². The number of carbonyl (C=O) groups excluding carboxylic acids is 2. The summed E-state index contributed by atoms with van der Waals surface area (Å²) in [5.74, 6) is -0.0452. The predicted octanol–water partition coefficient (Wildman–Crippen LogP) is 2.13. The highest BCUT2D eigenvalue weighted by molar-refractivity contribution is 5.86. The maximum atomic E-state index is 12.7. The van der Waals surface area contributed by atoms with Crippen LogP contribution in [0.4, 0.5) is 0 Å². The molecule has 1 N–H and O–H groups in total. The van der Waals surface area contributed by atoms with Crippen molar-refractivity contribution in [3.8, 4) is 0 Å². The van der Waals surface area contributed by atoms with E-state index in [1.807, 2.05) is 4.90 Å². The molecule has 2 saturated heterocycles. The number of rotatable bonds is 4. The summed E-state index contributed by atoms with van der Waals surface area (Å²) in [5, 5.41) is 9.39. The van der Waals surface area contributed by atoms with Crippen molar-refractivity contribution in [2.75, 3.05) is 26.2 Å². The van der Waals surface area contributed by atoms with E-state index in [-0.39, 0.29) is 24.2 Å². The van der Waals surface area contributed by atoms with Crippen LogP contribution in [-0.4, -0.2) is 58.9 Å². The highest BCUT2D eigenvalue weighted by Crippen LogP contribution is 2.44. The van der Waals surface area contributed by atoms with Crippen molar-refractivity contribution in [1.29, 1.82) is 0 Å². The smallest absolute Gasteiger partial charge is 0.310 e. The summed E-state index contributed by atoms with van der Waals surface area (Å²) in [7, 11) is 0. The second-order valence-electron chi connectivity index (χ2n) is 8.30. The number of carboxylic acids is 1. The lowest BCUT2D eigenvalue weighted by Gasteiger charge is -2.40. The zero-order chi connectivity index (χ0) is 18.0. The van der Waals surface area contributed by atoms with Crippen LogP contribution in [0.3, 0.4) is 0 Å². The van der Waals surface area contributed by atoms with Crippen LogP contribution >= 0.6 is 0 Å². The minimum Gasteiger partial charge on any atom is -0.481 e. The first-order chi connectivity index (χ1) is 11.9. The topological polar surface area (TPSA) is 77.9 Å². The molecular formula is C19H30N2O4. The summed E-state index contributed by atoms with van der Waals surface area (Å²) in [6.45, 7) is 5.07. The maximum absolute atomic E-state index is 12.7. The molecule has 2 aliphatic heterocycles. The van der Waals surface area contributed by atoms with Gasteiger partial charge < -0.3 is 14.9 Å². The third-order valence-electron chi connectivity index (χ3n) is 6.42. The normalized spacial score (nSPS) is 26.8. The molecule has 140 valence electrons. The lowest BCUT2D eigenvalue weighted by atomic mass is 9.66. The molecular weight excluding hydrogens is 320 g/mol. The van der Waals surface area contributed by atoms with E-state index in [2.05, 4.69) is 6.92 Å². The van der Waals surface area contributed by atoms with Crippen LogP contribution in [0, 0.1) is 17.3 Å². The van der Waals surface area contributed by atoms with Gasteiger partial charge in [0.25, 0.3) is 0 Å². The van der Waals surface area contributed by atoms with Gasteiger partial charge in [-0.15, -0.1) is 0 Å². The van der Waals surface area contributed by atoms with E-state index in [9.17, 15) is 19.5 Å². The van der Waals surface area contributed by atoms with E-state index >= 15 is 0 Å². The molecule has 2 amide bonds. The van der Waals surface area contributed by atoms with Gasteiger partial charge in [0.05, 0.1) is 5.41 Å². The summed E-state index contributed by atoms with van der Waals surface area (Å²) in [5.41, 5.74) is -0.826. The van der Waals surface area contributed by atoms with Crippen LogP contribution in [0.5, 0.6) is 0 Å². The zero-order valence-electron chi connectivity index (χ0n) is 15.2. The molecule has 1 unspecified atom stereocenters. The van der Waals surface area contributed by atoms with Gasteiger partial charge in [-0.25, -0.2) is 0 Å². The average Bonchev–Trinajstić information content (AvgIpc) is 2.57. The van der Waals surface area contributed by atoms with Crippen LogP contribution in [0.25, 0.3) is 0 Å². The molecule has 0 aromatic carbocycles. The second kappa shape index (κ2) is 7.34. The molecule has 6 heteroatoms. The second-order valence-corrected chi connectivity index (χ2v) is 8.30. The fourth-order valence-electron chi connectivity index (χ4n) is 4.49. The highest BCUT2D eigenvalue weighted by atomic mass is 16.4. The molecule has 6 nitrogen and oxygen atoms in total. The van der Waals surface area contributed by atoms with Gasteiger partial charge in [-0.2, -0.15) is 0 Å². The summed E-state index contributed by atoms with van der Waals surface area (Å²) in [4.78, 5) is 40.4. The SMILES string of the molecule is CC1CCCN(C(=O)C2CCN(C(=O)CC3(C(=O)O)CCC3)CC2)C1. The fraction of sp³-hybridized carbons (Fsp3) is 0.842. The first-order valence-corrected chi connectivity index (χ1v) is 9.71. The van der Waals surface area contributed by atoms with E-state index < -0.39 is 11.4 Å². The molecule has 1 aliphatic carbocycles. The summed E-state index contributed by atoms with van der Waals surface area (Å²) in [6.07, 6.45) is 5.91. The lowest BCUT2D eigenvalue weighted by Crippen LogP contribution is -2.48.